The fourth-order valence-electron chi connectivity index (χ4n) is 1.26. The summed E-state index contributed by atoms with van der Waals surface area (Å²) in [6.45, 7) is 3.37. The molecule has 1 saturated heterocycles. The number of halogens is 1. The third-order valence-electron chi connectivity index (χ3n) is 2.06. The van der Waals surface area contributed by atoms with Gasteiger partial charge >= 0.3 is 5.97 Å². The van der Waals surface area contributed by atoms with E-state index in [1.165, 1.54) is 0 Å². The van der Waals surface area contributed by atoms with Crippen molar-refractivity contribution in [1.82, 2.24) is 5.32 Å². The molecule has 13 heavy (non-hydrogen) atoms. The van der Waals surface area contributed by atoms with Crippen LogP contribution in [0.1, 0.15) is 19.8 Å². The Morgan fingerprint density at radius 2 is 2.38 bits per heavy atom. The van der Waals surface area contributed by atoms with Gasteiger partial charge in [0, 0.05) is 12.6 Å². The monoisotopic (exact) mass is 209 g/mol. The molecule has 2 atom stereocenters. The average molecular weight is 210 g/mol. The number of carboxylic acids is 1. The molecule has 2 N–H and O–H groups in total. The van der Waals surface area contributed by atoms with E-state index < -0.39 is 5.97 Å². The summed E-state index contributed by atoms with van der Waals surface area (Å²) >= 11 is 0. The number of hydrogen-bond donors (Lipinski definition) is 2. The molecule has 0 unspecified atom stereocenters. The summed E-state index contributed by atoms with van der Waals surface area (Å²) in [5.41, 5.74) is 0. The summed E-state index contributed by atoms with van der Waals surface area (Å²) in [7, 11) is 0. The third-order valence-corrected chi connectivity index (χ3v) is 2.06. The molecule has 1 aliphatic heterocycles. The van der Waals surface area contributed by atoms with Gasteiger partial charge in [0.05, 0.1) is 19.1 Å². The molecule has 0 aromatic heterocycles. The first-order valence-corrected chi connectivity index (χ1v) is 4.29. The van der Waals surface area contributed by atoms with Crippen LogP contribution in [0.25, 0.3) is 0 Å². The van der Waals surface area contributed by atoms with Crippen LogP contribution >= 0.6 is 12.4 Å². The van der Waals surface area contributed by atoms with E-state index in [1.54, 1.807) is 0 Å². The van der Waals surface area contributed by atoms with Crippen LogP contribution in [0.5, 0.6) is 0 Å². The van der Waals surface area contributed by atoms with Gasteiger partial charge in [-0.2, -0.15) is 0 Å². The fourth-order valence-corrected chi connectivity index (χ4v) is 1.26. The molecular weight excluding hydrogens is 194 g/mol. The predicted octanol–water partition coefficient (Wildman–Crippen LogP) is 0.650. The lowest BCUT2D eigenvalue weighted by Crippen LogP contribution is -2.46. The highest BCUT2D eigenvalue weighted by molar-refractivity contribution is 5.85. The van der Waals surface area contributed by atoms with Crippen LogP contribution in [0.4, 0.5) is 0 Å². The topological polar surface area (TPSA) is 58.6 Å². The standard InChI is InChI=1S/C8H15NO3.ClH/c1-2-6-5-12-7(4-9-6)3-8(10)11;/h6-7,9H,2-5H2,1H3,(H,10,11);1H/t6-,7+;/m1./s1. The van der Waals surface area contributed by atoms with Crippen LogP contribution in [-0.2, 0) is 9.53 Å². The molecule has 0 aromatic rings. The molecule has 0 saturated carbocycles. The van der Waals surface area contributed by atoms with Gasteiger partial charge in [-0.3, -0.25) is 4.79 Å². The Morgan fingerprint density at radius 1 is 1.69 bits per heavy atom. The van der Waals surface area contributed by atoms with Gasteiger partial charge in [0.25, 0.3) is 0 Å². The number of carboxylic acid groups (broad SMARTS) is 1. The number of nitrogens with one attached hydrogen (secondary N) is 1. The Labute approximate surface area is 84.1 Å². The second-order valence-electron chi connectivity index (χ2n) is 3.07. The largest absolute Gasteiger partial charge is 0.481 e. The summed E-state index contributed by atoms with van der Waals surface area (Å²) in [5, 5.41) is 11.7. The van der Waals surface area contributed by atoms with E-state index in [9.17, 15) is 4.79 Å². The summed E-state index contributed by atoms with van der Waals surface area (Å²) in [6, 6.07) is 0.398. The van der Waals surface area contributed by atoms with Crippen molar-refractivity contribution in [2.45, 2.75) is 31.9 Å². The molecule has 1 rings (SSSR count). The highest BCUT2D eigenvalue weighted by atomic mass is 35.5. The number of morpholine rings is 1. The quantitative estimate of drug-likeness (QED) is 0.717. The van der Waals surface area contributed by atoms with Crippen LogP contribution in [0.15, 0.2) is 0 Å². The van der Waals surface area contributed by atoms with Gasteiger partial charge in [0.1, 0.15) is 0 Å². The second-order valence-corrected chi connectivity index (χ2v) is 3.07. The minimum Gasteiger partial charge on any atom is -0.481 e. The summed E-state index contributed by atoms with van der Waals surface area (Å²) in [6.07, 6.45) is 0.980. The van der Waals surface area contributed by atoms with E-state index in [0.29, 0.717) is 19.2 Å². The lowest BCUT2D eigenvalue weighted by atomic mass is 10.1. The Bertz CT molecular complexity index is 157. The first-order chi connectivity index (χ1) is 5.72. The number of hydrogen-bond acceptors (Lipinski definition) is 3. The molecule has 5 heteroatoms. The van der Waals surface area contributed by atoms with E-state index in [-0.39, 0.29) is 24.9 Å². The van der Waals surface area contributed by atoms with E-state index in [0.717, 1.165) is 6.42 Å². The van der Waals surface area contributed by atoms with Gasteiger partial charge in [-0.05, 0) is 6.42 Å². The van der Waals surface area contributed by atoms with Crippen LogP contribution in [0, 0.1) is 0 Å². The van der Waals surface area contributed by atoms with Crippen molar-refractivity contribution in [3.05, 3.63) is 0 Å². The first-order valence-electron chi connectivity index (χ1n) is 4.29. The van der Waals surface area contributed by atoms with E-state index in [2.05, 4.69) is 12.2 Å². The van der Waals surface area contributed by atoms with Crippen molar-refractivity contribution >= 4 is 18.4 Å². The average Bonchev–Trinajstić information content (AvgIpc) is 2.05. The van der Waals surface area contributed by atoms with Crippen molar-refractivity contribution in [2.24, 2.45) is 0 Å². The van der Waals surface area contributed by atoms with Crippen molar-refractivity contribution in [2.75, 3.05) is 13.2 Å². The number of rotatable bonds is 3. The zero-order valence-electron chi connectivity index (χ0n) is 7.66. The smallest absolute Gasteiger partial charge is 0.306 e. The SMILES string of the molecule is CC[C@@H]1CO[C@@H](CC(=O)O)CN1.Cl. The molecule has 1 heterocycles. The number of aliphatic carboxylic acids is 1. The molecular formula is C8H16ClNO3. The fraction of sp³-hybridized carbons (Fsp3) is 0.875. The van der Waals surface area contributed by atoms with Gasteiger partial charge < -0.3 is 15.2 Å². The minimum absolute atomic E-state index is 0. The zero-order chi connectivity index (χ0) is 8.97. The molecule has 1 aliphatic rings. The van der Waals surface area contributed by atoms with E-state index >= 15 is 0 Å². The highest BCUT2D eigenvalue weighted by Gasteiger charge is 2.21. The normalized spacial score (nSPS) is 27.8. The van der Waals surface area contributed by atoms with Crippen molar-refractivity contribution in [1.29, 1.82) is 0 Å². The predicted molar refractivity (Wildman–Crippen MR) is 51.3 cm³/mol. The van der Waals surface area contributed by atoms with Crippen molar-refractivity contribution < 1.29 is 14.6 Å². The maximum Gasteiger partial charge on any atom is 0.306 e. The van der Waals surface area contributed by atoms with Crippen molar-refractivity contribution in [3.8, 4) is 0 Å². The molecule has 0 bridgehead atoms. The molecule has 0 aliphatic carbocycles. The Balaban J connectivity index is 0.00000144. The molecule has 4 nitrogen and oxygen atoms in total. The van der Waals surface area contributed by atoms with Crippen LogP contribution in [-0.4, -0.2) is 36.4 Å². The molecule has 0 spiro atoms. The maximum absolute atomic E-state index is 10.3. The van der Waals surface area contributed by atoms with E-state index in [1.807, 2.05) is 0 Å². The zero-order valence-corrected chi connectivity index (χ0v) is 8.47. The third kappa shape index (κ3) is 4.45. The van der Waals surface area contributed by atoms with Crippen LogP contribution in [0.2, 0.25) is 0 Å². The lowest BCUT2D eigenvalue weighted by molar-refractivity contribution is -0.141. The van der Waals surface area contributed by atoms with Crippen LogP contribution < -0.4 is 5.32 Å². The maximum atomic E-state index is 10.3. The molecule has 0 radical (unpaired) electrons. The lowest BCUT2D eigenvalue weighted by Gasteiger charge is -2.28. The molecule has 0 amide bonds. The Morgan fingerprint density at radius 3 is 2.77 bits per heavy atom. The minimum atomic E-state index is -0.795. The van der Waals surface area contributed by atoms with Gasteiger partial charge in [-0.15, -0.1) is 12.4 Å². The van der Waals surface area contributed by atoms with E-state index in [4.69, 9.17) is 9.84 Å². The number of ether oxygens (including phenoxy) is 1. The summed E-state index contributed by atoms with van der Waals surface area (Å²) in [5.74, 6) is -0.795. The van der Waals surface area contributed by atoms with Crippen molar-refractivity contribution in [3.63, 3.8) is 0 Å². The molecule has 1 fully saturated rings. The van der Waals surface area contributed by atoms with Gasteiger partial charge in [-0.25, -0.2) is 0 Å². The summed E-state index contributed by atoms with van der Waals surface area (Å²) in [4.78, 5) is 10.3. The number of carbonyl (C=O) groups is 1. The first kappa shape index (κ1) is 12.7. The second kappa shape index (κ2) is 6.18. The molecule has 0 aromatic carbocycles. The Hall–Kier alpha value is -0.320. The summed E-state index contributed by atoms with van der Waals surface area (Å²) < 4.78 is 5.35. The molecule has 78 valence electrons. The highest BCUT2D eigenvalue weighted by Crippen LogP contribution is 2.06. The van der Waals surface area contributed by atoms with Crippen LogP contribution in [0.3, 0.4) is 0 Å². The van der Waals surface area contributed by atoms with Gasteiger partial charge in [0.15, 0.2) is 0 Å². The Kier molecular flexibility index (Phi) is 6.03. The van der Waals surface area contributed by atoms with Gasteiger partial charge in [0.2, 0.25) is 0 Å². The van der Waals surface area contributed by atoms with Gasteiger partial charge in [-0.1, -0.05) is 6.92 Å².